The van der Waals surface area contributed by atoms with Crippen molar-refractivity contribution < 1.29 is 9.59 Å². The molecular weight excluding hydrogens is 584 g/mol. The monoisotopic (exact) mass is 661 g/mol. The van der Waals surface area contributed by atoms with Crippen LogP contribution in [0.3, 0.4) is 0 Å². The lowest BCUT2D eigenvalue weighted by atomic mass is 9.71. The molecule has 0 saturated carbocycles. The van der Waals surface area contributed by atoms with Crippen LogP contribution in [0.2, 0.25) is 0 Å². The van der Waals surface area contributed by atoms with Crippen molar-refractivity contribution in [3.8, 4) is 0 Å². The Labute approximate surface area is 290 Å². The minimum atomic E-state index is 0.390. The average Bonchev–Trinajstić information content (AvgIpc) is 3.05. The highest BCUT2D eigenvalue weighted by atomic mass is 16.2. The van der Waals surface area contributed by atoms with Crippen molar-refractivity contribution in [1.29, 1.82) is 0 Å². The smallest absolute Gasteiger partial charge is 0.222 e. The number of carbonyl (C=O) groups excluding carboxylic acids is 2. The van der Waals surface area contributed by atoms with E-state index >= 15 is 0 Å². The lowest BCUT2D eigenvalue weighted by Crippen LogP contribution is -2.62. The minimum Gasteiger partial charge on any atom is -0.343 e. The third-order valence-corrected chi connectivity index (χ3v) is 12.1. The van der Waals surface area contributed by atoms with E-state index in [0.29, 0.717) is 53.2 Å². The maximum atomic E-state index is 12.7. The molecule has 2 amide bonds. The van der Waals surface area contributed by atoms with E-state index in [1.54, 1.807) is 0 Å². The first-order valence-corrected chi connectivity index (χ1v) is 19.9. The van der Waals surface area contributed by atoms with Crippen molar-refractivity contribution in [1.82, 2.24) is 29.4 Å². The minimum absolute atomic E-state index is 0.390. The zero-order valence-corrected chi connectivity index (χ0v) is 32.6. The lowest BCUT2D eigenvalue weighted by Gasteiger charge is -2.55. The lowest BCUT2D eigenvalue weighted by molar-refractivity contribution is -0.138. The molecule has 47 heavy (non-hydrogen) atoms. The summed E-state index contributed by atoms with van der Waals surface area (Å²) in [5.74, 6) is 2.04. The van der Waals surface area contributed by atoms with Gasteiger partial charge in [0.2, 0.25) is 11.8 Å². The molecule has 0 N–H and O–H groups in total. The van der Waals surface area contributed by atoms with Crippen LogP contribution in [0.15, 0.2) is 0 Å². The van der Waals surface area contributed by atoms with E-state index in [2.05, 4.69) is 84.8 Å². The highest BCUT2D eigenvalue weighted by Crippen LogP contribution is 2.41. The van der Waals surface area contributed by atoms with Crippen molar-refractivity contribution in [3.63, 3.8) is 0 Å². The summed E-state index contributed by atoms with van der Waals surface area (Å²) in [4.78, 5) is 39.5. The van der Waals surface area contributed by atoms with E-state index in [4.69, 9.17) is 0 Å². The normalized spacial score (nSPS) is 24.0. The predicted molar refractivity (Wildman–Crippen MR) is 198 cm³/mol. The highest BCUT2D eigenvalue weighted by molar-refractivity contribution is 5.77. The number of hydrogen-bond acceptors (Lipinski definition) is 6. The van der Waals surface area contributed by atoms with Gasteiger partial charge in [0.15, 0.2) is 0 Å². The number of nitrogens with zero attached hydrogens (tertiary/aromatic N) is 6. The van der Waals surface area contributed by atoms with Crippen molar-refractivity contribution in [3.05, 3.63) is 0 Å². The molecule has 0 aromatic heterocycles. The molecule has 5 rings (SSSR count). The zero-order valence-electron chi connectivity index (χ0n) is 32.6. The molecule has 5 aliphatic rings. The first-order valence-electron chi connectivity index (χ1n) is 19.9. The van der Waals surface area contributed by atoms with Gasteiger partial charge in [0.25, 0.3) is 0 Å². The fourth-order valence-electron chi connectivity index (χ4n) is 8.31. The maximum absolute atomic E-state index is 12.7. The number of piperidine rings is 3. The van der Waals surface area contributed by atoms with Crippen LogP contribution in [0, 0.1) is 17.3 Å². The van der Waals surface area contributed by atoms with Gasteiger partial charge < -0.3 is 19.6 Å². The Morgan fingerprint density at radius 1 is 0.489 bits per heavy atom. The summed E-state index contributed by atoms with van der Waals surface area (Å²) < 4.78 is 0. The molecule has 5 saturated heterocycles. The quantitative estimate of drug-likeness (QED) is 0.323. The molecule has 5 aliphatic heterocycles. The van der Waals surface area contributed by atoms with E-state index in [1.165, 1.54) is 64.7 Å². The molecule has 8 heteroatoms. The third-order valence-electron chi connectivity index (χ3n) is 12.1. The van der Waals surface area contributed by atoms with E-state index in [1.807, 2.05) is 13.8 Å². The number of likely N-dealkylation sites (tertiary alicyclic amines) is 4. The van der Waals surface area contributed by atoms with Gasteiger partial charge in [-0.15, -0.1) is 0 Å². The second-order valence-electron chi connectivity index (χ2n) is 16.4. The van der Waals surface area contributed by atoms with Gasteiger partial charge in [-0.1, -0.05) is 13.8 Å². The van der Waals surface area contributed by atoms with Gasteiger partial charge in [-0.3, -0.25) is 19.4 Å². The Hall–Kier alpha value is -1.22. The van der Waals surface area contributed by atoms with Gasteiger partial charge >= 0.3 is 0 Å². The fraction of sp³-hybridized carbons (Fsp3) is 0.949. The Morgan fingerprint density at radius 3 is 1.15 bits per heavy atom. The molecule has 0 radical (unpaired) electrons. The van der Waals surface area contributed by atoms with Gasteiger partial charge in [0, 0.05) is 89.4 Å². The molecule has 0 aliphatic carbocycles. The summed E-state index contributed by atoms with van der Waals surface area (Å²) in [7, 11) is 0. The summed E-state index contributed by atoms with van der Waals surface area (Å²) >= 11 is 0. The van der Waals surface area contributed by atoms with Gasteiger partial charge in [-0.25, -0.2) is 0 Å². The molecule has 0 unspecified atom stereocenters. The van der Waals surface area contributed by atoms with Crippen LogP contribution in [-0.4, -0.2) is 144 Å². The molecule has 274 valence electrons. The third kappa shape index (κ3) is 12.0. The molecule has 5 fully saturated rings. The zero-order chi connectivity index (χ0) is 34.7. The number of piperazine rings is 1. The first kappa shape index (κ1) is 40.2. The highest BCUT2D eigenvalue weighted by Gasteiger charge is 2.46. The van der Waals surface area contributed by atoms with Crippen LogP contribution < -0.4 is 0 Å². The summed E-state index contributed by atoms with van der Waals surface area (Å²) in [5.41, 5.74) is 0.531. The second-order valence-corrected chi connectivity index (χ2v) is 16.4. The number of hydrogen-bond donors (Lipinski definition) is 0. The van der Waals surface area contributed by atoms with Gasteiger partial charge in [0.1, 0.15) is 0 Å². The van der Waals surface area contributed by atoms with Crippen LogP contribution in [0.1, 0.15) is 121 Å². The first-order chi connectivity index (χ1) is 22.4. The topological polar surface area (TPSA) is 53.6 Å². The molecule has 0 bridgehead atoms. The number of rotatable bonds is 8. The summed E-state index contributed by atoms with van der Waals surface area (Å²) in [6.07, 6.45) is 8.77. The van der Waals surface area contributed by atoms with Crippen molar-refractivity contribution in [2.75, 3.05) is 78.5 Å². The molecule has 8 nitrogen and oxygen atoms in total. The SMILES string of the molecule is CC.CC(C)N1CCC(CC(=O)N2CCC3(CC2)CN(C(C)C)C3)CC1.CC(C)N1CCC(CC(=O)N2CCN(C(C)C)CC2)CC1. The van der Waals surface area contributed by atoms with E-state index < -0.39 is 0 Å². The van der Waals surface area contributed by atoms with Crippen molar-refractivity contribution in [2.24, 2.45) is 17.3 Å². The average molecular weight is 661 g/mol. The predicted octanol–water partition coefficient (Wildman–Crippen LogP) is 5.91. The summed E-state index contributed by atoms with van der Waals surface area (Å²) in [5, 5.41) is 0. The van der Waals surface area contributed by atoms with Crippen LogP contribution >= 0.6 is 0 Å². The van der Waals surface area contributed by atoms with Crippen molar-refractivity contribution >= 4 is 11.8 Å². The molecule has 1 spiro atoms. The van der Waals surface area contributed by atoms with Crippen molar-refractivity contribution in [2.45, 2.75) is 145 Å². The van der Waals surface area contributed by atoms with E-state index in [-0.39, 0.29) is 0 Å². The number of carbonyl (C=O) groups is 2. The van der Waals surface area contributed by atoms with Gasteiger partial charge in [0.05, 0.1) is 0 Å². The fourth-order valence-corrected chi connectivity index (χ4v) is 8.31. The molecule has 0 aromatic rings. The van der Waals surface area contributed by atoms with E-state index in [9.17, 15) is 9.59 Å². The standard InChI is InChI=1S/C20H37N3O.C17H33N3O.C2H6/c1-16(2)21-9-5-18(6-10-21)13-19(24)22-11-7-20(8-12-22)14-23(15-20)17(3)4;1-14(2)18-7-5-16(6-8-18)13-17(21)20-11-9-19(10-12-20)15(3)4;1-2/h16-18H,5-15H2,1-4H3;14-16H,5-13H2,1-4H3;1-2H3. The molecule has 0 atom stereocenters. The molecular formula is C39H76N6O2. The number of amides is 2. The Kier molecular flexibility index (Phi) is 16.5. The molecule has 0 aromatic carbocycles. The summed E-state index contributed by atoms with van der Waals surface area (Å²) in [6, 6.07) is 2.56. The summed E-state index contributed by atoms with van der Waals surface area (Å²) in [6.45, 7) is 35.2. The van der Waals surface area contributed by atoms with E-state index in [0.717, 1.165) is 65.2 Å². The Bertz CT molecular complexity index is 898. The second kappa shape index (κ2) is 19.2. The Balaban J connectivity index is 0.000000245. The molecule has 5 heterocycles. The Morgan fingerprint density at radius 2 is 0.809 bits per heavy atom. The van der Waals surface area contributed by atoms with Crippen LogP contribution in [0.25, 0.3) is 0 Å². The van der Waals surface area contributed by atoms with Crippen LogP contribution in [-0.2, 0) is 9.59 Å². The van der Waals surface area contributed by atoms with Gasteiger partial charge in [-0.2, -0.15) is 0 Å². The van der Waals surface area contributed by atoms with Crippen LogP contribution in [0.5, 0.6) is 0 Å². The van der Waals surface area contributed by atoms with Gasteiger partial charge in [-0.05, 0) is 137 Å². The maximum Gasteiger partial charge on any atom is 0.222 e. The van der Waals surface area contributed by atoms with Crippen LogP contribution in [0.4, 0.5) is 0 Å². The largest absolute Gasteiger partial charge is 0.343 e.